The Morgan fingerprint density at radius 1 is 1.08 bits per heavy atom. The lowest BCUT2D eigenvalue weighted by Crippen LogP contribution is -2.33. The highest BCUT2D eigenvalue weighted by Crippen LogP contribution is 2.29. The minimum Gasteiger partial charge on any atom is -0.343 e. The third-order valence-corrected chi connectivity index (χ3v) is 4.15. The summed E-state index contributed by atoms with van der Waals surface area (Å²) in [7, 11) is 1.75. The zero-order chi connectivity index (χ0) is 17.8. The summed E-state index contributed by atoms with van der Waals surface area (Å²) in [5.41, 5.74) is 3.05. The molecular weight excluding hydrogens is 318 g/mol. The predicted molar refractivity (Wildman–Crippen MR) is 95.6 cm³/mol. The molecule has 0 spiro atoms. The number of hydrogen-bond donors (Lipinski definition) is 2. The molecule has 1 aliphatic rings. The fourth-order valence-electron chi connectivity index (χ4n) is 2.79. The van der Waals surface area contributed by atoms with Crippen LogP contribution in [0.4, 0.5) is 11.4 Å². The smallest absolute Gasteiger partial charge is 0.251 e. The Labute approximate surface area is 145 Å². The molecule has 25 heavy (non-hydrogen) atoms. The van der Waals surface area contributed by atoms with Crippen molar-refractivity contribution in [3.05, 3.63) is 59.7 Å². The Morgan fingerprint density at radius 2 is 1.84 bits per heavy atom. The standard InChI is InChI=1S/C19H19N3O3/c1-22-16-9-8-15(11-14(16)7-10-18(22)24)21-17(23)12-20-19(25)13-5-3-2-4-6-13/h2-6,8-9,11H,7,10,12H2,1H3,(H,20,25)(H,21,23). The van der Waals surface area contributed by atoms with Crippen LogP contribution in [0.25, 0.3) is 0 Å². The van der Waals surface area contributed by atoms with Gasteiger partial charge in [0.15, 0.2) is 0 Å². The van der Waals surface area contributed by atoms with Crippen LogP contribution in [-0.2, 0) is 16.0 Å². The molecule has 3 rings (SSSR count). The second-order valence-electron chi connectivity index (χ2n) is 5.89. The highest BCUT2D eigenvalue weighted by Gasteiger charge is 2.21. The van der Waals surface area contributed by atoms with E-state index in [-0.39, 0.29) is 24.3 Å². The molecular formula is C19H19N3O3. The molecule has 0 aliphatic carbocycles. The van der Waals surface area contributed by atoms with Gasteiger partial charge in [0.05, 0.1) is 6.54 Å². The van der Waals surface area contributed by atoms with Crippen LogP contribution in [0, 0.1) is 0 Å². The first-order chi connectivity index (χ1) is 12.0. The van der Waals surface area contributed by atoms with Gasteiger partial charge in [0.1, 0.15) is 0 Å². The molecule has 6 heteroatoms. The first-order valence-electron chi connectivity index (χ1n) is 8.07. The zero-order valence-corrected chi connectivity index (χ0v) is 13.9. The van der Waals surface area contributed by atoms with Gasteiger partial charge >= 0.3 is 0 Å². The lowest BCUT2D eigenvalue weighted by atomic mass is 10.0. The molecule has 0 bridgehead atoms. The molecule has 0 aromatic heterocycles. The minimum absolute atomic E-state index is 0.0907. The molecule has 0 atom stereocenters. The van der Waals surface area contributed by atoms with Gasteiger partial charge < -0.3 is 15.5 Å². The minimum atomic E-state index is -0.301. The van der Waals surface area contributed by atoms with Gasteiger partial charge in [-0.05, 0) is 42.3 Å². The number of carbonyl (C=O) groups excluding carboxylic acids is 3. The van der Waals surface area contributed by atoms with Crippen LogP contribution in [0.5, 0.6) is 0 Å². The summed E-state index contributed by atoms with van der Waals surface area (Å²) in [6.45, 7) is -0.108. The molecule has 1 heterocycles. The van der Waals surface area contributed by atoms with E-state index in [4.69, 9.17) is 0 Å². The third-order valence-electron chi connectivity index (χ3n) is 4.15. The number of rotatable bonds is 4. The SMILES string of the molecule is CN1C(=O)CCc2cc(NC(=O)CNC(=O)c3ccccc3)ccc21. The molecule has 0 fully saturated rings. The van der Waals surface area contributed by atoms with Gasteiger partial charge in [-0.1, -0.05) is 18.2 Å². The summed E-state index contributed by atoms with van der Waals surface area (Å²) in [6, 6.07) is 14.2. The molecule has 3 amide bonds. The number of hydrogen-bond acceptors (Lipinski definition) is 3. The van der Waals surface area contributed by atoms with Gasteiger partial charge in [-0.25, -0.2) is 0 Å². The summed E-state index contributed by atoms with van der Waals surface area (Å²) >= 11 is 0. The average molecular weight is 337 g/mol. The van der Waals surface area contributed by atoms with E-state index in [0.29, 0.717) is 24.1 Å². The van der Waals surface area contributed by atoms with Gasteiger partial charge in [-0.15, -0.1) is 0 Å². The average Bonchev–Trinajstić information content (AvgIpc) is 2.63. The quantitative estimate of drug-likeness (QED) is 0.895. The van der Waals surface area contributed by atoms with Gasteiger partial charge in [-0.2, -0.15) is 0 Å². The van der Waals surface area contributed by atoms with E-state index < -0.39 is 0 Å². The predicted octanol–water partition coefficient (Wildman–Crippen LogP) is 1.96. The van der Waals surface area contributed by atoms with E-state index in [2.05, 4.69) is 10.6 Å². The number of aryl methyl sites for hydroxylation is 1. The second-order valence-corrected chi connectivity index (χ2v) is 5.89. The number of fused-ring (bicyclic) bond motifs is 1. The summed E-state index contributed by atoms with van der Waals surface area (Å²) < 4.78 is 0. The lowest BCUT2D eigenvalue weighted by Gasteiger charge is -2.26. The maximum Gasteiger partial charge on any atom is 0.251 e. The fraction of sp³-hybridized carbons (Fsp3) is 0.211. The van der Waals surface area contributed by atoms with Gasteiger partial charge in [0, 0.05) is 30.4 Å². The van der Waals surface area contributed by atoms with Crippen LogP contribution in [0.2, 0.25) is 0 Å². The number of carbonyl (C=O) groups is 3. The third kappa shape index (κ3) is 3.85. The van der Waals surface area contributed by atoms with E-state index in [1.165, 1.54) is 0 Å². The van der Waals surface area contributed by atoms with Gasteiger partial charge in [-0.3, -0.25) is 14.4 Å². The topological polar surface area (TPSA) is 78.5 Å². The largest absolute Gasteiger partial charge is 0.343 e. The molecule has 1 aliphatic heterocycles. The van der Waals surface area contributed by atoms with Crippen molar-refractivity contribution in [2.45, 2.75) is 12.8 Å². The van der Waals surface area contributed by atoms with Crippen LogP contribution < -0.4 is 15.5 Å². The summed E-state index contributed by atoms with van der Waals surface area (Å²) in [5.74, 6) is -0.501. The first-order valence-corrected chi connectivity index (χ1v) is 8.07. The Bertz CT molecular complexity index is 818. The van der Waals surface area contributed by atoms with E-state index in [1.54, 1.807) is 42.3 Å². The molecule has 0 unspecified atom stereocenters. The number of amides is 3. The van der Waals surface area contributed by atoms with E-state index >= 15 is 0 Å². The Kier molecular flexibility index (Phi) is 4.79. The molecule has 0 radical (unpaired) electrons. The van der Waals surface area contributed by atoms with Crippen molar-refractivity contribution in [1.82, 2.24) is 5.32 Å². The maximum absolute atomic E-state index is 12.0. The molecule has 128 valence electrons. The van der Waals surface area contributed by atoms with Crippen LogP contribution in [0.3, 0.4) is 0 Å². The monoisotopic (exact) mass is 337 g/mol. The molecule has 2 aromatic carbocycles. The first kappa shape index (κ1) is 16.7. The van der Waals surface area contributed by atoms with Crippen molar-refractivity contribution in [2.75, 3.05) is 23.8 Å². The number of benzene rings is 2. The highest BCUT2D eigenvalue weighted by atomic mass is 16.2. The fourth-order valence-corrected chi connectivity index (χ4v) is 2.79. The second kappa shape index (κ2) is 7.17. The summed E-state index contributed by atoms with van der Waals surface area (Å²) in [5, 5.41) is 5.36. The van der Waals surface area contributed by atoms with Crippen molar-refractivity contribution in [2.24, 2.45) is 0 Å². The Hall–Kier alpha value is -3.15. The van der Waals surface area contributed by atoms with Gasteiger partial charge in [0.2, 0.25) is 11.8 Å². The zero-order valence-electron chi connectivity index (χ0n) is 13.9. The number of nitrogens with zero attached hydrogens (tertiary/aromatic N) is 1. The van der Waals surface area contributed by atoms with Gasteiger partial charge in [0.25, 0.3) is 5.91 Å². The normalized spacial score (nSPS) is 13.2. The molecule has 2 aromatic rings. The Morgan fingerprint density at radius 3 is 2.60 bits per heavy atom. The van der Waals surface area contributed by atoms with Crippen molar-refractivity contribution in [3.63, 3.8) is 0 Å². The lowest BCUT2D eigenvalue weighted by molar-refractivity contribution is -0.118. The van der Waals surface area contributed by atoms with Crippen molar-refractivity contribution in [3.8, 4) is 0 Å². The molecule has 2 N–H and O–H groups in total. The van der Waals surface area contributed by atoms with Crippen molar-refractivity contribution < 1.29 is 14.4 Å². The van der Waals surface area contributed by atoms with Crippen molar-refractivity contribution in [1.29, 1.82) is 0 Å². The summed E-state index contributed by atoms with van der Waals surface area (Å²) in [6.07, 6.45) is 1.13. The number of anilines is 2. The van der Waals surface area contributed by atoms with Crippen LogP contribution in [-0.4, -0.2) is 31.3 Å². The van der Waals surface area contributed by atoms with Crippen molar-refractivity contribution >= 4 is 29.1 Å². The van der Waals surface area contributed by atoms with E-state index in [9.17, 15) is 14.4 Å². The van der Waals surface area contributed by atoms with Crippen LogP contribution >= 0.6 is 0 Å². The molecule has 6 nitrogen and oxygen atoms in total. The van der Waals surface area contributed by atoms with E-state index in [0.717, 1.165) is 11.3 Å². The number of nitrogens with one attached hydrogen (secondary N) is 2. The molecule has 0 saturated heterocycles. The molecule has 0 saturated carbocycles. The maximum atomic E-state index is 12.0. The summed E-state index contributed by atoms with van der Waals surface area (Å²) in [4.78, 5) is 37.3. The van der Waals surface area contributed by atoms with E-state index in [1.807, 2.05) is 18.2 Å². The highest BCUT2D eigenvalue weighted by molar-refractivity contribution is 6.00. The Balaban J connectivity index is 1.58. The van der Waals surface area contributed by atoms with Crippen LogP contribution in [0.15, 0.2) is 48.5 Å². The van der Waals surface area contributed by atoms with Crippen LogP contribution in [0.1, 0.15) is 22.3 Å².